The minimum Gasteiger partial charge on any atom is -0.496 e. The fraction of sp³-hybridized carbons (Fsp3) is 0.355. The third-order valence-corrected chi connectivity index (χ3v) is 6.22. The Morgan fingerprint density at radius 3 is 2.16 bits per heavy atom. The second kappa shape index (κ2) is 14.7. The zero-order chi connectivity index (χ0) is 27.3. The fourth-order valence-corrected chi connectivity index (χ4v) is 4.16. The lowest BCUT2D eigenvalue weighted by Crippen LogP contribution is -2.51. The van der Waals surface area contributed by atoms with Crippen molar-refractivity contribution in [2.75, 3.05) is 27.4 Å². The first kappa shape index (κ1) is 28.6. The molecule has 38 heavy (non-hydrogen) atoms. The predicted molar refractivity (Wildman–Crippen MR) is 149 cm³/mol. The van der Waals surface area contributed by atoms with Crippen LogP contribution in [0.3, 0.4) is 0 Å². The lowest BCUT2D eigenvalue weighted by atomic mass is 10.0. The van der Waals surface area contributed by atoms with Gasteiger partial charge in [0.1, 0.15) is 23.3 Å². The van der Waals surface area contributed by atoms with Crippen molar-refractivity contribution in [3.63, 3.8) is 0 Å². The molecule has 0 radical (unpaired) electrons. The quantitative estimate of drug-likeness (QED) is 0.306. The molecule has 0 unspecified atom stereocenters. The van der Waals surface area contributed by atoms with Gasteiger partial charge in [-0.25, -0.2) is 0 Å². The van der Waals surface area contributed by atoms with Crippen molar-refractivity contribution >= 4 is 11.8 Å². The Kier molecular flexibility index (Phi) is 11.0. The molecular formula is C31H38N2O5. The Morgan fingerprint density at radius 2 is 1.53 bits per heavy atom. The van der Waals surface area contributed by atoms with Crippen LogP contribution in [0.1, 0.15) is 36.5 Å². The van der Waals surface area contributed by atoms with E-state index in [1.54, 1.807) is 37.3 Å². The molecule has 0 saturated heterocycles. The van der Waals surface area contributed by atoms with Gasteiger partial charge in [-0.1, -0.05) is 73.5 Å². The summed E-state index contributed by atoms with van der Waals surface area (Å²) in [6, 6.07) is 22.1. The molecule has 1 N–H and O–H groups in total. The van der Waals surface area contributed by atoms with E-state index >= 15 is 0 Å². The summed E-state index contributed by atoms with van der Waals surface area (Å²) in [5.41, 5.74) is 3.01. The lowest BCUT2D eigenvalue weighted by molar-refractivity contribution is -0.142. The first-order chi connectivity index (χ1) is 18.4. The van der Waals surface area contributed by atoms with Gasteiger partial charge in [0.15, 0.2) is 6.61 Å². The van der Waals surface area contributed by atoms with Crippen LogP contribution >= 0.6 is 0 Å². The van der Waals surface area contributed by atoms with Gasteiger partial charge < -0.3 is 24.4 Å². The summed E-state index contributed by atoms with van der Waals surface area (Å²) in [6.07, 6.45) is 2.23. The van der Waals surface area contributed by atoms with Crippen LogP contribution in [-0.4, -0.2) is 50.1 Å². The zero-order valence-corrected chi connectivity index (χ0v) is 22.7. The normalized spacial score (nSPS) is 11.4. The number of unbranched alkanes of at least 4 members (excludes halogenated alkanes) is 1. The monoisotopic (exact) mass is 518 g/mol. The number of nitrogens with one attached hydrogen (secondary N) is 1. The van der Waals surface area contributed by atoms with Gasteiger partial charge in [0.05, 0.1) is 14.2 Å². The van der Waals surface area contributed by atoms with E-state index in [1.807, 2.05) is 61.5 Å². The molecule has 3 aromatic rings. The molecule has 202 valence electrons. The molecule has 7 heteroatoms. The average Bonchev–Trinajstić information content (AvgIpc) is 2.94. The highest BCUT2D eigenvalue weighted by molar-refractivity contribution is 5.88. The van der Waals surface area contributed by atoms with Crippen LogP contribution in [0, 0.1) is 6.92 Å². The molecule has 0 heterocycles. The zero-order valence-electron chi connectivity index (χ0n) is 22.7. The van der Waals surface area contributed by atoms with Crippen LogP contribution in [0.5, 0.6) is 17.2 Å². The van der Waals surface area contributed by atoms with E-state index in [1.165, 1.54) is 0 Å². The Balaban J connectivity index is 1.90. The molecular weight excluding hydrogens is 480 g/mol. The number of amides is 2. The van der Waals surface area contributed by atoms with E-state index in [4.69, 9.17) is 14.2 Å². The van der Waals surface area contributed by atoms with Crippen LogP contribution in [0.4, 0.5) is 0 Å². The van der Waals surface area contributed by atoms with E-state index in [9.17, 15) is 9.59 Å². The van der Waals surface area contributed by atoms with Crippen LogP contribution in [-0.2, 0) is 22.6 Å². The van der Waals surface area contributed by atoms with Gasteiger partial charge in [-0.05, 0) is 24.5 Å². The molecule has 0 fully saturated rings. The highest BCUT2D eigenvalue weighted by Crippen LogP contribution is 2.27. The summed E-state index contributed by atoms with van der Waals surface area (Å²) in [6.45, 7) is 4.69. The van der Waals surface area contributed by atoms with E-state index in [0.717, 1.165) is 29.5 Å². The summed E-state index contributed by atoms with van der Waals surface area (Å²) in [4.78, 5) is 28.9. The Bertz CT molecular complexity index is 1160. The van der Waals surface area contributed by atoms with Crippen molar-refractivity contribution in [2.24, 2.45) is 0 Å². The highest BCUT2D eigenvalue weighted by atomic mass is 16.5. The van der Waals surface area contributed by atoms with Crippen molar-refractivity contribution in [1.82, 2.24) is 10.2 Å². The third kappa shape index (κ3) is 8.54. The smallest absolute Gasteiger partial charge is 0.261 e. The maximum Gasteiger partial charge on any atom is 0.261 e. The highest BCUT2D eigenvalue weighted by Gasteiger charge is 2.30. The maximum atomic E-state index is 13.7. The van der Waals surface area contributed by atoms with Gasteiger partial charge in [-0.15, -0.1) is 0 Å². The maximum absolute atomic E-state index is 13.7. The number of ether oxygens (including phenoxy) is 3. The minimum absolute atomic E-state index is 0.175. The fourth-order valence-electron chi connectivity index (χ4n) is 4.16. The van der Waals surface area contributed by atoms with Gasteiger partial charge in [0.2, 0.25) is 5.91 Å². The number of methoxy groups -OCH3 is 2. The minimum atomic E-state index is -0.703. The van der Waals surface area contributed by atoms with Gasteiger partial charge in [-0.3, -0.25) is 9.59 Å². The second-order valence-corrected chi connectivity index (χ2v) is 9.20. The molecule has 3 aromatic carbocycles. The Labute approximate surface area is 225 Å². The van der Waals surface area contributed by atoms with E-state index in [2.05, 4.69) is 12.2 Å². The van der Waals surface area contributed by atoms with E-state index in [-0.39, 0.29) is 25.0 Å². The number of carbonyl (C=O) groups excluding carboxylic acids is 2. The van der Waals surface area contributed by atoms with Gasteiger partial charge in [0, 0.05) is 37.7 Å². The summed E-state index contributed by atoms with van der Waals surface area (Å²) in [7, 11) is 3.11. The standard InChI is InChI=1S/C31H38N2O5/c1-5-6-15-32-31(35)29(17-24-12-8-7-9-13-24)33(21-25-14-10-11-23(2)16-25)30(34)22-38-28-19-26(36-3)18-27(20-28)37-4/h7-14,16,18-20,29H,5-6,15,17,21-22H2,1-4H3,(H,32,35)/t29-/m1/s1. The number of benzene rings is 3. The topological polar surface area (TPSA) is 77.1 Å². The molecule has 0 spiro atoms. The molecule has 0 aliphatic carbocycles. The van der Waals surface area contributed by atoms with Crippen molar-refractivity contribution in [1.29, 1.82) is 0 Å². The summed E-state index contributed by atoms with van der Waals surface area (Å²) in [5.74, 6) is 1.09. The molecule has 0 aliphatic rings. The van der Waals surface area contributed by atoms with Crippen LogP contribution in [0.2, 0.25) is 0 Å². The molecule has 0 aromatic heterocycles. The van der Waals surface area contributed by atoms with Crippen molar-refractivity contribution in [3.8, 4) is 17.2 Å². The van der Waals surface area contributed by atoms with Crippen molar-refractivity contribution < 1.29 is 23.8 Å². The van der Waals surface area contributed by atoms with Gasteiger partial charge in [0.25, 0.3) is 5.91 Å². The SMILES string of the molecule is CCCCNC(=O)[C@@H](Cc1ccccc1)N(Cc1cccc(C)c1)C(=O)COc1cc(OC)cc(OC)c1. The predicted octanol–water partition coefficient (Wildman–Crippen LogP) is 4.95. The first-order valence-electron chi connectivity index (χ1n) is 13.0. The van der Waals surface area contributed by atoms with Crippen LogP contribution in [0.15, 0.2) is 72.8 Å². The van der Waals surface area contributed by atoms with E-state index < -0.39 is 6.04 Å². The molecule has 0 saturated carbocycles. The van der Waals surface area contributed by atoms with Crippen LogP contribution in [0.25, 0.3) is 0 Å². The third-order valence-electron chi connectivity index (χ3n) is 6.22. The van der Waals surface area contributed by atoms with Crippen molar-refractivity contribution in [2.45, 2.75) is 45.7 Å². The number of carbonyl (C=O) groups is 2. The van der Waals surface area contributed by atoms with Gasteiger partial charge >= 0.3 is 0 Å². The lowest BCUT2D eigenvalue weighted by Gasteiger charge is -2.31. The molecule has 7 nitrogen and oxygen atoms in total. The summed E-state index contributed by atoms with van der Waals surface area (Å²) in [5, 5.41) is 3.03. The summed E-state index contributed by atoms with van der Waals surface area (Å²) >= 11 is 0. The number of hydrogen-bond donors (Lipinski definition) is 1. The second-order valence-electron chi connectivity index (χ2n) is 9.20. The average molecular weight is 519 g/mol. The molecule has 1 atom stereocenters. The van der Waals surface area contributed by atoms with E-state index in [0.29, 0.717) is 30.2 Å². The number of aryl methyl sites for hydroxylation is 1. The number of nitrogens with zero attached hydrogens (tertiary/aromatic N) is 1. The van der Waals surface area contributed by atoms with Gasteiger partial charge in [-0.2, -0.15) is 0 Å². The molecule has 2 amide bonds. The molecule has 0 bridgehead atoms. The Hall–Kier alpha value is -4.00. The number of rotatable bonds is 14. The number of hydrogen-bond acceptors (Lipinski definition) is 5. The molecule has 3 rings (SSSR count). The first-order valence-corrected chi connectivity index (χ1v) is 13.0. The van der Waals surface area contributed by atoms with Crippen molar-refractivity contribution in [3.05, 3.63) is 89.5 Å². The summed E-state index contributed by atoms with van der Waals surface area (Å²) < 4.78 is 16.5. The largest absolute Gasteiger partial charge is 0.496 e. The van der Waals surface area contributed by atoms with Crippen LogP contribution < -0.4 is 19.5 Å². The molecule has 0 aliphatic heterocycles. The Morgan fingerprint density at radius 1 is 0.868 bits per heavy atom.